The molecule has 5 nitrogen and oxygen atoms in total. The first-order valence-corrected chi connectivity index (χ1v) is 10.3. The molecule has 7 heteroatoms. The number of hydrogen-bond donors (Lipinski definition) is 2. The third-order valence-electron chi connectivity index (χ3n) is 5.48. The first kappa shape index (κ1) is 21.9. The monoisotopic (exact) mass is 388 g/mol. The van der Waals surface area contributed by atoms with Crippen molar-refractivity contribution >= 4 is 28.2 Å². The molecule has 0 aliphatic carbocycles. The average Bonchev–Trinajstić information content (AvgIpc) is 2.55. The molecule has 0 aromatic heterocycles. The van der Waals surface area contributed by atoms with Gasteiger partial charge in [-0.2, -0.15) is 0 Å². The van der Waals surface area contributed by atoms with Gasteiger partial charge < -0.3 is 10.6 Å². The average molecular weight is 389 g/mol. The van der Waals surface area contributed by atoms with E-state index in [2.05, 4.69) is 24.5 Å². The van der Waals surface area contributed by atoms with Crippen LogP contribution < -0.4 is 10.6 Å². The predicted molar refractivity (Wildman–Crippen MR) is 104 cm³/mol. The SMILES string of the molecule is CC(NC(=O)C1(S(C)(=O)=O)CCNCC1)C(C)(C)c1ccccc1.Cl. The smallest absolute Gasteiger partial charge is 0.241 e. The Labute approximate surface area is 157 Å². The molecule has 0 saturated carbocycles. The van der Waals surface area contributed by atoms with E-state index in [-0.39, 0.29) is 29.8 Å². The van der Waals surface area contributed by atoms with Gasteiger partial charge in [0.25, 0.3) is 0 Å². The molecule has 1 aliphatic heterocycles. The summed E-state index contributed by atoms with van der Waals surface area (Å²) in [5.74, 6) is -0.372. The van der Waals surface area contributed by atoms with Gasteiger partial charge in [0.1, 0.15) is 0 Å². The van der Waals surface area contributed by atoms with E-state index in [1.807, 2.05) is 37.3 Å². The second-order valence-corrected chi connectivity index (χ2v) is 9.63. The number of halogens is 1. The van der Waals surface area contributed by atoms with E-state index in [1.165, 1.54) is 6.26 Å². The Kier molecular flexibility index (Phi) is 7.07. The number of carbonyl (C=O) groups excluding carboxylic acids is 1. The lowest BCUT2D eigenvalue weighted by molar-refractivity contribution is -0.125. The zero-order valence-electron chi connectivity index (χ0n) is 15.3. The summed E-state index contributed by atoms with van der Waals surface area (Å²) in [6.07, 6.45) is 1.80. The lowest BCUT2D eigenvalue weighted by atomic mass is 9.78. The van der Waals surface area contributed by atoms with Gasteiger partial charge in [0.05, 0.1) is 0 Å². The maximum absolute atomic E-state index is 12.9. The van der Waals surface area contributed by atoms with Gasteiger partial charge in [-0.1, -0.05) is 44.2 Å². The zero-order chi connectivity index (χ0) is 18.0. The minimum absolute atomic E-state index is 0. The van der Waals surface area contributed by atoms with E-state index < -0.39 is 14.6 Å². The lowest BCUT2D eigenvalue weighted by Gasteiger charge is -2.39. The van der Waals surface area contributed by atoms with Crippen molar-refractivity contribution in [2.45, 2.75) is 49.8 Å². The van der Waals surface area contributed by atoms with Crippen LogP contribution in [0.15, 0.2) is 30.3 Å². The van der Waals surface area contributed by atoms with Gasteiger partial charge in [-0.3, -0.25) is 4.79 Å². The molecule has 1 unspecified atom stereocenters. The summed E-state index contributed by atoms with van der Waals surface area (Å²) in [7, 11) is -3.49. The highest BCUT2D eigenvalue weighted by atomic mass is 35.5. The van der Waals surface area contributed by atoms with Crippen molar-refractivity contribution in [2.75, 3.05) is 19.3 Å². The summed E-state index contributed by atoms with van der Waals surface area (Å²) in [6, 6.07) is 9.75. The first-order chi connectivity index (χ1) is 11.1. The van der Waals surface area contributed by atoms with Crippen molar-refractivity contribution in [3.63, 3.8) is 0 Å². The molecular weight excluding hydrogens is 360 g/mol. The second-order valence-electron chi connectivity index (χ2n) is 7.30. The molecule has 2 N–H and O–H groups in total. The summed E-state index contributed by atoms with van der Waals surface area (Å²) < 4.78 is 23.4. The standard InChI is InChI=1S/C18H28N2O3S.ClH/c1-14(17(2,3)15-8-6-5-7-9-15)20-16(21)18(24(4,22)23)10-12-19-13-11-18;/h5-9,14,19H,10-13H2,1-4H3,(H,20,21);1H. The molecule has 25 heavy (non-hydrogen) atoms. The highest BCUT2D eigenvalue weighted by molar-refractivity contribution is 7.92. The minimum atomic E-state index is -3.49. The van der Waals surface area contributed by atoms with Crippen LogP contribution in [0.2, 0.25) is 0 Å². The highest BCUT2D eigenvalue weighted by Gasteiger charge is 2.49. The molecule has 142 valence electrons. The fourth-order valence-corrected chi connectivity index (χ4v) is 4.56. The Morgan fingerprint density at radius 3 is 2.20 bits per heavy atom. The first-order valence-electron chi connectivity index (χ1n) is 8.38. The van der Waals surface area contributed by atoms with E-state index in [9.17, 15) is 13.2 Å². The van der Waals surface area contributed by atoms with Crippen LogP contribution in [-0.2, 0) is 20.0 Å². The number of hydrogen-bond acceptors (Lipinski definition) is 4. The van der Waals surface area contributed by atoms with Crippen molar-refractivity contribution in [1.29, 1.82) is 0 Å². The predicted octanol–water partition coefficient (Wildman–Crippen LogP) is 2.06. The van der Waals surface area contributed by atoms with Gasteiger partial charge in [-0.15, -0.1) is 12.4 Å². The number of rotatable bonds is 5. The van der Waals surface area contributed by atoms with Crippen LogP contribution >= 0.6 is 12.4 Å². The van der Waals surface area contributed by atoms with Gasteiger partial charge in [-0.05, 0) is 38.4 Å². The summed E-state index contributed by atoms with van der Waals surface area (Å²) in [6.45, 7) is 7.13. The van der Waals surface area contributed by atoms with E-state index in [1.54, 1.807) is 0 Å². The van der Waals surface area contributed by atoms with Crippen LogP contribution in [0.3, 0.4) is 0 Å². The van der Waals surface area contributed by atoms with Gasteiger partial charge >= 0.3 is 0 Å². The summed E-state index contributed by atoms with van der Waals surface area (Å²) >= 11 is 0. The number of carbonyl (C=O) groups is 1. The lowest BCUT2D eigenvalue weighted by Crippen LogP contribution is -2.60. The maximum Gasteiger partial charge on any atom is 0.241 e. The molecule has 1 fully saturated rings. The molecule has 1 atom stereocenters. The fourth-order valence-electron chi connectivity index (χ4n) is 3.22. The molecule has 0 bridgehead atoms. The number of piperidine rings is 1. The second kappa shape index (κ2) is 8.06. The Balaban J connectivity index is 0.00000312. The summed E-state index contributed by atoms with van der Waals surface area (Å²) in [4.78, 5) is 12.9. The van der Waals surface area contributed by atoms with Crippen LogP contribution in [0.25, 0.3) is 0 Å². The molecule has 1 heterocycles. The van der Waals surface area contributed by atoms with Gasteiger partial charge in [0, 0.05) is 17.7 Å². The maximum atomic E-state index is 12.9. The van der Waals surface area contributed by atoms with Crippen molar-refractivity contribution in [3.8, 4) is 0 Å². The Morgan fingerprint density at radius 1 is 1.20 bits per heavy atom. The van der Waals surface area contributed by atoms with Crippen LogP contribution in [0.5, 0.6) is 0 Å². The molecule has 0 radical (unpaired) electrons. The quantitative estimate of drug-likeness (QED) is 0.809. The van der Waals surface area contributed by atoms with Crippen molar-refractivity contribution in [2.24, 2.45) is 0 Å². The summed E-state index contributed by atoms with van der Waals surface area (Å²) in [5, 5.41) is 6.12. The van der Waals surface area contributed by atoms with Crippen molar-refractivity contribution < 1.29 is 13.2 Å². The normalized spacial score (nSPS) is 18.7. The van der Waals surface area contributed by atoms with Crippen LogP contribution in [0.4, 0.5) is 0 Å². The van der Waals surface area contributed by atoms with Crippen LogP contribution in [0.1, 0.15) is 39.2 Å². The molecule has 1 saturated heterocycles. The van der Waals surface area contributed by atoms with Crippen molar-refractivity contribution in [3.05, 3.63) is 35.9 Å². The molecule has 1 aromatic carbocycles. The third-order valence-corrected chi connectivity index (χ3v) is 7.50. The minimum Gasteiger partial charge on any atom is -0.351 e. The topological polar surface area (TPSA) is 75.3 Å². The van der Waals surface area contributed by atoms with E-state index in [0.29, 0.717) is 25.9 Å². The molecule has 1 aliphatic rings. The molecule has 1 aromatic rings. The Hall–Kier alpha value is -1.11. The van der Waals surface area contributed by atoms with E-state index in [0.717, 1.165) is 5.56 Å². The number of amides is 1. The number of nitrogens with one attached hydrogen (secondary N) is 2. The summed E-state index contributed by atoms with van der Waals surface area (Å²) in [5.41, 5.74) is 0.805. The van der Waals surface area contributed by atoms with Crippen LogP contribution in [0, 0.1) is 0 Å². The number of benzene rings is 1. The zero-order valence-corrected chi connectivity index (χ0v) is 17.0. The Morgan fingerprint density at radius 2 is 1.72 bits per heavy atom. The third kappa shape index (κ3) is 4.36. The van der Waals surface area contributed by atoms with Crippen molar-refractivity contribution in [1.82, 2.24) is 10.6 Å². The highest BCUT2D eigenvalue weighted by Crippen LogP contribution is 2.31. The molecular formula is C18H29ClN2O3S. The number of sulfone groups is 1. The molecule has 2 rings (SSSR count). The largest absolute Gasteiger partial charge is 0.351 e. The van der Waals surface area contributed by atoms with Gasteiger partial charge in [-0.25, -0.2) is 8.42 Å². The molecule has 1 amide bonds. The van der Waals surface area contributed by atoms with E-state index >= 15 is 0 Å². The molecule has 0 spiro atoms. The van der Waals surface area contributed by atoms with Gasteiger partial charge in [0.15, 0.2) is 14.6 Å². The Bertz CT molecular complexity index is 684. The van der Waals surface area contributed by atoms with Gasteiger partial charge in [0.2, 0.25) is 5.91 Å². The fraction of sp³-hybridized carbons (Fsp3) is 0.611. The van der Waals surface area contributed by atoms with E-state index in [4.69, 9.17) is 0 Å². The van der Waals surface area contributed by atoms with Crippen LogP contribution in [-0.4, -0.2) is 44.5 Å².